The summed E-state index contributed by atoms with van der Waals surface area (Å²) < 4.78 is 21.9. The molecule has 3 aromatic rings. The fraction of sp³-hybridized carbons (Fsp3) is 0.269. The summed E-state index contributed by atoms with van der Waals surface area (Å²) in [6.07, 6.45) is 0.956. The van der Waals surface area contributed by atoms with Gasteiger partial charge in [-0.15, -0.1) is 0 Å². The lowest BCUT2D eigenvalue weighted by atomic mass is 10.1. The second-order valence-electron chi connectivity index (χ2n) is 7.23. The van der Waals surface area contributed by atoms with Gasteiger partial charge in [-0.2, -0.15) is 0 Å². The summed E-state index contributed by atoms with van der Waals surface area (Å²) in [6, 6.07) is 21.3. The molecule has 1 amide bonds. The zero-order valence-corrected chi connectivity index (χ0v) is 18.7. The highest BCUT2D eigenvalue weighted by atomic mass is 16.5. The predicted octanol–water partition coefficient (Wildman–Crippen LogP) is 4.19. The predicted molar refractivity (Wildman–Crippen MR) is 124 cm³/mol. The lowest BCUT2D eigenvalue weighted by Crippen LogP contribution is -2.27. The summed E-state index contributed by atoms with van der Waals surface area (Å²) in [5.74, 6) is 2.57. The number of ether oxygens (including phenoxy) is 4. The van der Waals surface area contributed by atoms with Gasteiger partial charge in [-0.05, 0) is 47.4 Å². The minimum atomic E-state index is -0.0497. The largest absolute Gasteiger partial charge is 0.493 e. The Balaban J connectivity index is 1.53. The van der Waals surface area contributed by atoms with Crippen molar-refractivity contribution in [2.45, 2.75) is 19.4 Å². The SMILES string of the molecule is COc1ccc(CC(=O)NCCc2ccc(OC)c(OCc3ccccc3)c2)cc1OC. The molecule has 0 unspecified atom stereocenters. The van der Waals surface area contributed by atoms with Gasteiger partial charge in [0.25, 0.3) is 0 Å². The zero-order chi connectivity index (χ0) is 22.8. The highest BCUT2D eigenvalue weighted by molar-refractivity contribution is 5.78. The summed E-state index contributed by atoms with van der Waals surface area (Å²) in [4.78, 5) is 12.4. The molecular formula is C26H29NO5. The van der Waals surface area contributed by atoms with Crippen molar-refractivity contribution in [2.24, 2.45) is 0 Å². The van der Waals surface area contributed by atoms with Gasteiger partial charge in [0.2, 0.25) is 5.91 Å². The van der Waals surface area contributed by atoms with Crippen molar-refractivity contribution in [1.29, 1.82) is 0 Å². The van der Waals surface area contributed by atoms with Crippen LogP contribution in [0, 0.1) is 0 Å². The maximum Gasteiger partial charge on any atom is 0.224 e. The molecule has 0 saturated carbocycles. The van der Waals surface area contributed by atoms with Crippen molar-refractivity contribution in [3.63, 3.8) is 0 Å². The normalized spacial score (nSPS) is 10.3. The maximum atomic E-state index is 12.4. The quantitative estimate of drug-likeness (QED) is 0.489. The van der Waals surface area contributed by atoms with Crippen LogP contribution in [0.5, 0.6) is 23.0 Å². The fourth-order valence-electron chi connectivity index (χ4n) is 3.31. The van der Waals surface area contributed by atoms with E-state index in [1.54, 1.807) is 27.4 Å². The van der Waals surface area contributed by atoms with Crippen LogP contribution in [-0.2, 0) is 24.2 Å². The number of hydrogen-bond donors (Lipinski definition) is 1. The smallest absolute Gasteiger partial charge is 0.224 e. The number of amides is 1. The van der Waals surface area contributed by atoms with E-state index in [4.69, 9.17) is 18.9 Å². The molecule has 0 fully saturated rings. The summed E-state index contributed by atoms with van der Waals surface area (Å²) in [7, 11) is 4.79. The van der Waals surface area contributed by atoms with Gasteiger partial charge < -0.3 is 24.3 Å². The van der Waals surface area contributed by atoms with Crippen LogP contribution in [0.25, 0.3) is 0 Å². The maximum absolute atomic E-state index is 12.4. The third kappa shape index (κ3) is 6.41. The van der Waals surface area contributed by atoms with Crippen LogP contribution in [0.15, 0.2) is 66.7 Å². The van der Waals surface area contributed by atoms with Crippen molar-refractivity contribution >= 4 is 5.91 Å². The first-order chi connectivity index (χ1) is 15.6. The molecule has 0 spiro atoms. The van der Waals surface area contributed by atoms with Gasteiger partial charge >= 0.3 is 0 Å². The molecule has 0 aliphatic rings. The van der Waals surface area contributed by atoms with E-state index in [1.165, 1.54) is 0 Å². The van der Waals surface area contributed by atoms with Crippen molar-refractivity contribution in [3.8, 4) is 23.0 Å². The summed E-state index contributed by atoms with van der Waals surface area (Å²) in [5.41, 5.74) is 3.00. The minimum absolute atomic E-state index is 0.0497. The van der Waals surface area contributed by atoms with E-state index in [2.05, 4.69) is 5.32 Å². The highest BCUT2D eigenvalue weighted by Crippen LogP contribution is 2.29. The Kier molecular flexibility index (Phi) is 8.37. The van der Waals surface area contributed by atoms with E-state index in [9.17, 15) is 4.79 Å². The van der Waals surface area contributed by atoms with E-state index in [1.807, 2.05) is 60.7 Å². The molecule has 0 saturated heterocycles. The van der Waals surface area contributed by atoms with Gasteiger partial charge in [-0.25, -0.2) is 0 Å². The Morgan fingerprint density at radius 1 is 0.719 bits per heavy atom. The van der Waals surface area contributed by atoms with Gasteiger partial charge in [0.05, 0.1) is 27.8 Å². The number of hydrogen-bond acceptors (Lipinski definition) is 5. The minimum Gasteiger partial charge on any atom is -0.493 e. The van der Waals surface area contributed by atoms with Crippen molar-refractivity contribution in [3.05, 3.63) is 83.4 Å². The van der Waals surface area contributed by atoms with Crippen LogP contribution in [0.3, 0.4) is 0 Å². The Bertz CT molecular complexity index is 1020. The third-order valence-corrected chi connectivity index (χ3v) is 5.01. The average molecular weight is 436 g/mol. The van der Waals surface area contributed by atoms with Crippen LogP contribution in [0.2, 0.25) is 0 Å². The molecular weight excluding hydrogens is 406 g/mol. The lowest BCUT2D eigenvalue weighted by molar-refractivity contribution is -0.120. The lowest BCUT2D eigenvalue weighted by Gasteiger charge is -2.13. The Morgan fingerprint density at radius 3 is 2.03 bits per heavy atom. The highest BCUT2D eigenvalue weighted by Gasteiger charge is 2.10. The molecule has 6 nitrogen and oxygen atoms in total. The van der Waals surface area contributed by atoms with Gasteiger partial charge in [0, 0.05) is 6.54 Å². The molecule has 0 aromatic heterocycles. The number of benzene rings is 3. The molecule has 3 rings (SSSR count). The Labute approximate surface area is 189 Å². The van der Waals surface area contributed by atoms with E-state index in [-0.39, 0.29) is 12.3 Å². The van der Waals surface area contributed by atoms with Crippen molar-refractivity contribution in [2.75, 3.05) is 27.9 Å². The Morgan fingerprint density at radius 2 is 1.34 bits per heavy atom. The van der Waals surface area contributed by atoms with Gasteiger partial charge in [-0.1, -0.05) is 42.5 Å². The molecule has 0 heterocycles. The van der Waals surface area contributed by atoms with Crippen LogP contribution < -0.4 is 24.3 Å². The third-order valence-electron chi connectivity index (χ3n) is 5.01. The molecule has 0 aliphatic heterocycles. The summed E-state index contributed by atoms with van der Waals surface area (Å²) in [5, 5.41) is 2.97. The monoisotopic (exact) mass is 435 g/mol. The average Bonchev–Trinajstić information content (AvgIpc) is 2.83. The number of carbonyl (C=O) groups excluding carboxylic acids is 1. The molecule has 6 heteroatoms. The second kappa shape index (κ2) is 11.6. The molecule has 1 N–H and O–H groups in total. The van der Waals surface area contributed by atoms with E-state index >= 15 is 0 Å². The molecule has 0 bridgehead atoms. The molecule has 3 aromatic carbocycles. The van der Waals surface area contributed by atoms with E-state index in [0.717, 1.165) is 16.7 Å². The number of methoxy groups -OCH3 is 3. The molecule has 32 heavy (non-hydrogen) atoms. The number of rotatable bonds is 11. The van der Waals surface area contributed by atoms with Crippen molar-refractivity contribution < 1.29 is 23.7 Å². The fourth-order valence-corrected chi connectivity index (χ4v) is 3.31. The van der Waals surface area contributed by atoms with Gasteiger partial charge in [0.1, 0.15) is 6.61 Å². The van der Waals surface area contributed by atoms with Gasteiger partial charge in [0.15, 0.2) is 23.0 Å². The molecule has 168 valence electrons. The van der Waals surface area contributed by atoms with Crippen LogP contribution in [-0.4, -0.2) is 33.8 Å². The van der Waals surface area contributed by atoms with Crippen molar-refractivity contribution in [1.82, 2.24) is 5.32 Å². The topological polar surface area (TPSA) is 66.0 Å². The van der Waals surface area contributed by atoms with Gasteiger partial charge in [-0.3, -0.25) is 4.79 Å². The summed E-state index contributed by atoms with van der Waals surface area (Å²) >= 11 is 0. The molecule has 0 atom stereocenters. The number of carbonyl (C=O) groups is 1. The van der Waals surface area contributed by atoms with Crippen LogP contribution >= 0.6 is 0 Å². The first-order valence-electron chi connectivity index (χ1n) is 10.4. The second-order valence-corrected chi connectivity index (χ2v) is 7.23. The molecule has 0 aliphatic carbocycles. The first-order valence-corrected chi connectivity index (χ1v) is 10.4. The molecule has 0 radical (unpaired) electrons. The number of nitrogens with one attached hydrogen (secondary N) is 1. The van der Waals surface area contributed by atoms with E-state index < -0.39 is 0 Å². The zero-order valence-electron chi connectivity index (χ0n) is 18.7. The standard InChI is InChI=1S/C26H29NO5/c1-29-22-12-10-21(16-24(22)31-3)17-26(28)27-14-13-19-9-11-23(30-2)25(15-19)32-18-20-7-5-4-6-8-20/h4-12,15-16H,13-14,17-18H2,1-3H3,(H,27,28). The summed E-state index contributed by atoms with van der Waals surface area (Å²) in [6.45, 7) is 0.985. The Hall–Kier alpha value is -3.67. The van der Waals surface area contributed by atoms with Crippen LogP contribution in [0.1, 0.15) is 16.7 Å². The van der Waals surface area contributed by atoms with E-state index in [0.29, 0.717) is 42.6 Å². The van der Waals surface area contributed by atoms with Crippen LogP contribution in [0.4, 0.5) is 0 Å². The first kappa shape index (κ1) is 23.0.